The van der Waals surface area contributed by atoms with Gasteiger partial charge in [0.15, 0.2) is 0 Å². The zero-order valence-corrected chi connectivity index (χ0v) is 40.2. The van der Waals surface area contributed by atoms with Crippen LogP contribution >= 0.6 is 0 Å². The molecule has 0 bridgehead atoms. The summed E-state index contributed by atoms with van der Waals surface area (Å²) in [5, 5.41) is 0. The van der Waals surface area contributed by atoms with Crippen LogP contribution in [0.2, 0.25) is 0 Å². The number of allylic oxidation sites excluding steroid dienone is 4. The van der Waals surface area contributed by atoms with Crippen molar-refractivity contribution in [3.63, 3.8) is 0 Å². The molecule has 3 aliphatic rings. The highest BCUT2D eigenvalue weighted by atomic mass is 15.1. The van der Waals surface area contributed by atoms with Crippen LogP contribution in [0.4, 0.5) is 17.1 Å². The first-order valence-corrected chi connectivity index (χ1v) is 25.1. The molecule has 10 aromatic rings. The van der Waals surface area contributed by atoms with Crippen molar-refractivity contribution in [3.8, 4) is 55.6 Å². The summed E-state index contributed by atoms with van der Waals surface area (Å²) in [4.78, 5) is 2.56. The Bertz CT molecular complexity index is 3670. The molecule has 3 aliphatic carbocycles. The summed E-state index contributed by atoms with van der Waals surface area (Å²) < 4.78 is 0. The highest BCUT2D eigenvalue weighted by Gasteiger charge is 2.47. The normalized spacial score (nSPS) is 14.6. The minimum atomic E-state index is -0.521. The summed E-state index contributed by atoms with van der Waals surface area (Å²) in [6.07, 6.45) is 6.85. The fourth-order valence-electron chi connectivity index (χ4n) is 12.5. The van der Waals surface area contributed by atoms with E-state index in [1.807, 2.05) is 0 Å². The van der Waals surface area contributed by atoms with E-state index in [4.69, 9.17) is 0 Å². The fourth-order valence-corrected chi connectivity index (χ4v) is 12.5. The molecule has 0 aromatic heterocycles. The van der Waals surface area contributed by atoms with Crippen molar-refractivity contribution in [2.45, 2.75) is 37.5 Å². The SMILES string of the molecule is CC1(C)c2ccccc2-c2c(-c3cccc(N(c4ccc5c(c4)C(c4ccccc4)(c4ccccc4)C4=C5CCC=C4)c4cccc(-c5ccccc5)c4-c4ccccc4-c4ccccc4)c3)cccc21. The van der Waals surface area contributed by atoms with E-state index in [1.165, 1.54) is 100 Å². The van der Waals surface area contributed by atoms with Crippen LogP contribution < -0.4 is 4.90 Å². The highest BCUT2D eigenvalue weighted by Crippen LogP contribution is 2.59. The van der Waals surface area contributed by atoms with Crippen LogP contribution in [-0.4, -0.2) is 0 Å². The Balaban J connectivity index is 1.11. The van der Waals surface area contributed by atoms with Gasteiger partial charge in [0.1, 0.15) is 0 Å². The second-order valence-corrected chi connectivity index (χ2v) is 19.8. The Hall–Kier alpha value is -8.52. The molecule has 0 saturated carbocycles. The first-order valence-electron chi connectivity index (χ1n) is 25.1. The summed E-state index contributed by atoms with van der Waals surface area (Å²) in [6, 6.07) is 92.7. The summed E-state index contributed by atoms with van der Waals surface area (Å²) in [5.74, 6) is 0. The maximum Gasteiger partial charge on any atom is 0.0710 e. The van der Waals surface area contributed by atoms with Gasteiger partial charge in [0.2, 0.25) is 0 Å². The van der Waals surface area contributed by atoms with Crippen LogP contribution in [0.1, 0.15) is 60.1 Å². The zero-order valence-electron chi connectivity index (χ0n) is 40.2. The predicted molar refractivity (Wildman–Crippen MR) is 298 cm³/mol. The van der Waals surface area contributed by atoms with Crippen LogP contribution in [0.25, 0.3) is 61.2 Å². The largest absolute Gasteiger partial charge is 0.310 e. The first-order chi connectivity index (χ1) is 35.0. The molecular weight excluding hydrogens is 855 g/mol. The second-order valence-electron chi connectivity index (χ2n) is 19.8. The van der Waals surface area contributed by atoms with Crippen molar-refractivity contribution in [1.82, 2.24) is 0 Å². The van der Waals surface area contributed by atoms with E-state index >= 15 is 0 Å². The molecule has 1 nitrogen and oxygen atoms in total. The molecule has 338 valence electrons. The van der Waals surface area contributed by atoms with Gasteiger partial charge in [-0.25, -0.2) is 0 Å². The Morgan fingerprint density at radius 2 is 0.887 bits per heavy atom. The number of nitrogens with zero attached hydrogens (tertiary/aromatic N) is 1. The van der Waals surface area contributed by atoms with E-state index in [9.17, 15) is 0 Å². The molecule has 0 spiro atoms. The fraction of sp³-hybridized carbons (Fsp3) is 0.0857. The molecule has 13 rings (SSSR count). The van der Waals surface area contributed by atoms with Gasteiger partial charge in [0.05, 0.1) is 11.1 Å². The van der Waals surface area contributed by atoms with E-state index < -0.39 is 5.41 Å². The molecule has 0 N–H and O–H groups in total. The van der Waals surface area contributed by atoms with E-state index in [0.29, 0.717) is 0 Å². The number of rotatable bonds is 9. The van der Waals surface area contributed by atoms with Gasteiger partial charge in [-0.2, -0.15) is 0 Å². The topological polar surface area (TPSA) is 3.24 Å². The second kappa shape index (κ2) is 17.2. The minimum Gasteiger partial charge on any atom is -0.310 e. The number of fused-ring (bicyclic) bond motifs is 5. The molecule has 10 aromatic carbocycles. The molecule has 0 radical (unpaired) electrons. The van der Waals surface area contributed by atoms with Crippen LogP contribution in [0.15, 0.2) is 266 Å². The molecule has 0 fully saturated rings. The molecule has 0 unspecified atom stereocenters. The van der Waals surface area contributed by atoms with Crippen molar-refractivity contribution >= 4 is 22.6 Å². The third kappa shape index (κ3) is 6.75. The molecule has 0 amide bonds. The lowest BCUT2D eigenvalue weighted by Crippen LogP contribution is -2.29. The van der Waals surface area contributed by atoms with Crippen LogP contribution in [0, 0.1) is 0 Å². The monoisotopic (exact) mass is 907 g/mol. The van der Waals surface area contributed by atoms with Gasteiger partial charge in [-0.15, -0.1) is 0 Å². The predicted octanol–water partition coefficient (Wildman–Crippen LogP) is 18.6. The van der Waals surface area contributed by atoms with Gasteiger partial charge in [0, 0.05) is 22.4 Å². The van der Waals surface area contributed by atoms with Gasteiger partial charge in [-0.3, -0.25) is 0 Å². The molecule has 0 atom stereocenters. The average molecular weight is 908 g/mol. The Labute approximate surface area is 418 Å². The first kappa shape index (κ1) is 42.6. The quantitative estimate of drug-likeness (QED) is 0.139. The average Bonchev–Trinajstić information content (AvgIpc) is 3.88. The lowest BCUT2D eigenvalue weighted by Gasteiger charge is -2.36. The van der Waals surface area contributed by atoms with Crippen LogP contribution in [0.5, 0.6) is 0 Å². The van der Waals surface area contributed by atoms with Crippen molar-refractivity contribution in [2.75, 3.05) is 4.90 Å². The van der Waals surface area contributed by atoms with E-state index in [-0.39, 0.29) is 5.41 Å². The summed E-state index contributed by atoms with van der Waals surface area (Å²) >= 11 is 0. The third-order valence-corrected chi connectivity index (χ3v) is 15.7. The van der Waals surface area contributed by atoms with Crippen molar-refractivity contribution in [1.29, 1.82) is 0 Å². The lowest BCUT2D eigenvalue weighted by molar-refractivity contribution is 0.660. The minimum absolute atomic E-state index is 0.110. The molecule has 0 heterocycles. The van der Waals surface area contributed by atoms with Gasteiger partial charge in [0.25, 0.3) is 0 Å². The zero-order chi connectivity index (χ0) is 47.5. The van der Waals surface area contributed by atoms with E-state index in [1.54, 1.807) is 0 Å². The smallest absolute Gasteiger partial charge is 0.0710 e. The molecule has 1 heteroatoms. The number of hydrogen-bond donors (Lipinski definition) is 0. The third-order valence-electron chi connectivity index (χ3n) is 15.7. The van der Waals surface area contributed by atoms with Crippen LogP contribution in [-0.2, 0) is 10.8 Å². The van der Waals surface area contributed by atoms with Gasteiger partial charge in [-0.1, -0.05) is 244 Å². The van der Waals surface area contributed by atoms with Gasteiger partial charge < -0.3 is 4.90 Å². The van der Waals surface area contributed by atoms with Crippen molar-refractivity contribution < 1.29 is 0 Å². The number of hydrogen-bond acceptors (Lipinski definition) is 1. The van der Waals surface area contributed by atoms with Gasteiger partial charge >= 0.3 is 0 Å². The summed E-state index contributed by atoms with van der Waals surface area (Å²) in [6.45, 7) is 4.74. The number of anilines is 3. The van der Waals surface area contributed by atoms with Gasteiger partial charge in [-0.05, 0) is 138 Å². The molecule has 71 heavy (non-hydrogen) atoms. The Kier molecular flexibility index (Phi) is 10.3. The standard InChI is InChI=1S/C70H53N/c1-69(2)62-40-19-18-37-61(62)67-57(38-22-42-64(67)69)50-28-21-33-53(46-50)71(66-43-23-39-56(49-26-9-4-10-27-49)68(66)60-36-16-15-34-55(60)48-24-7-3-8-25-48)54-44-45-59-58-35-17-20-41-63(58)70(65(59)47-54,51-29-11-5-12-30-51)52-31-13-6-14-32-52/h3-16,18-34,36-47H,17,35H2,1-2H3. The van der Waals surface area contributed by atoms with E-state index in [2.05, 4.69) is 280 Å². The lowest BCUT2D eigenvalue weighted by atomic mass is 9.66. The summed E-state index contributed by atoms with van der Waals surface area (Å²) in [7, 11) is 0. The number of benzene rings is 10. The highest BCUT2D eigenvalue weighted by molar-refractivity contribution is 6.02. The van der Waals surface area contributed by atoms with Crippen LogP contribution in [0.3, 0.4) is 0 Å². The van der Waals surface area contributed by atoms with Crippen molar-refractivity contribution in [2.24, 2.45) is 0 Å². The molecule has 0 saturated heterocycles. The Morgan fingerprint density at radius 3 is 1.59 bits per heavy atom. The summed E-state index contributed by atoms with van der Waals surface area (Å²) in [5.41, 5.74) is 25.6. The molecule has 0 aliphatic heterocycles. The maximum absolute atomic E-state index is 2.56. The van der Waals surface area contributed by atoms with Crippen molar-refractivity contribution in [3.05, 3.63) is 300 Å². The Morgan fingerprint density at radius 1 is 0.366 bits per heavy atom. The maximum atomic E-state index is 2.56. The molecular formula is C70H53N. The van der Waals surface area contributed by atoms with E-state index in [0.717, 1.165) is 29.9 Å².